The van der Waals surface area contributed by atoms with Crippen LogP contribution in [0.3, 0.4) is 0 Å². The predicted octanol–water partition coefficient (Wildman–Crippen LogP) is 5.83. The molecule has 0 bridgehead atoms. The van der Waals surface area contributed by atoms with Gasteiger partial charge in [0.2, 0.25) is 0 Å². The lowest BCUT2D eigenvalue weighted by atomic mass is 9.62. The van der Waals surface area contributed by atoms with Crippen LogP contribution in [0.25, 0.3) is 0 Å². The van der Waals surface area contributed by atoms with Gasteiger partial charge >= 0.3 is 0 Å². The first-order chi connectivity index (χ1) is 12.7. The number of carbonyl (C=O) groups excluding carboxylic acids is 2. The first kappa shape index (κ1) is 21.2. The van der Waals surface area contributed by atoms with E-state index >= 15 is 0 Å². The van der Waals surface area contributed by atoms with E-state index in [9.17, 15) is 9.59 Å². The van der Waals surface area contributed by atoms with Gasteiger partial charge in [0.05, 0.1) is 0 Å². The standard InChI is InChI=1S/C25H32O2/c1-7-9-20-13-18(5)23(19(6)14-20)24-21(26)15-25(11-8-2,16-22(24)27)12-10-17(3)4/h13-14,24H,3,8,10-12,15-16H2,1-2,4-6H3. The summed E-state index contributed by atoms with van der Waals surface area (Å²) in [7, 11) is 0. The van der Waals surface area contributed by atoms with Gasteiger partial charge < -0.3 is 0 Å². The Hall–Kier alpha value is -2.14. The smallest absolute Gasteiger partial charge is 0.148 e. The molecule has 0 atom stereocenters. The summed E-state index contributed by atoms with van der Waals surface area (Å²) in [6.45, 7) is 13.9. The van der Waals surface area contributed by atoms with E-state index in [1.54, 1.807) is 0 Å². The van der Waals surface area contributed by atoms with Gasteiger partial charge in [-0.1, -0.05) is 24.8 Å². The molecule has 1 aliphatic rings. The number of rotatable bonds is 6. The van der Waals surface area contributed by atoms with Crippen molar-refractivity contribution < 1.29 is 9.59 Å². The Labute approximate surface area is 164 Å². The first-order valence-corrected chi connectivity index (χ1v) is 9.96. The summed E-state index contributed by atoms with van der Waals surface area (Å²) in [6, 6.07) is 3.99. The molecule has 144 valence electrons. The van der Waals surface area contributed by atoms with Crippen LogP contribution in [0.2, 0.25) is 0 Å². The SMILES string of the molecule is C=C(C)CCC1(CCC)CC(=O)C(c2c(C)cc(C#CC)cc2C)C(=O)C1. The van der Waals surface area contributed by atoms with Crippen LogP contribution in [0.15, 0.2) is 24.3 Å². The fraction of sp³-hybridized carbons (Fsp3) is 0.520. The fourth-order valence-corrected chi connectivity index (χ4v) is 4.64. The Morgan fingerprint density at radius 3 is 2.15 bits per heavy atom. The Kier molecular flexibility index (Phi) is 6.82. The number of benzene rings is 1. The van der Waals surface area contributed by atoms with Crippen molar-refractivity contribution in [1.29, 1.82) is 0 Å². The van der Waals surface area contributed by atoms with Crippen LogP contribution in [0.4, 0.5) is 0 Å². The van der Waals surface area contributed by atoms with Gasteiger partial charge in [0.15, 0.2) is 0 Å². The Morgan fingerprint density at radius 2 is 1.70 bits per heavy atom. The minimum atomic E-state index is -0.608. The van der Waals surface area contributed by atoms with Crippen molar-refractivity contribution >= 4 is 11.6 Å². The normalized spacial score (nSPS) is 22.3. The van der Waals surface area contributed by atoms with Crippen LogP contribution in [-0.2, 0) is 9.59 Å². The van der Waals surface area contributed by atoms with Gasteiger partial charge in [-0.3, -0.25) is 9.59 Å². The average molecular weight is 365 g/mol. The van der Waals surface area contributed by atoms with Gasteiger partial charge in [0.25, 0.3) is 0 Å². The predicted molar refractivity (Wildman–Crippen MR) is 112 cm³/mol. The summed E-state index contributed by atoms with van der Waals surface area (Å²) in [5.41, 5.74) is 4.75. The Morgan fingerprint density at radius 1 is 1.15 bits per heavy atom. The molecule has 0 heterocycles. The summed E-state index contributed by atoms with van der Waals surface area (Å²) in [4.78, 5) is 26.4. The molecule has 0 spiro atoms. The summed E-state index contributed by atoms with van der Waals surface area (Å²) in [6.07, 6.45) is 4.67. The lowest BCUT2D eigenvalue weighted by molar-refractivity contribution is -0.137. The number of hydrogen-bond donors (Lipinski definition) is 0. The highest BCUT2D eigenvalue weighted by Gasteiger charge is 2.45. The minimum Gasteiger partial charge on any atom is -0.299 e. The second-order valence-electron chi connectivity index (χ2n) is 8.33. The second-order valence-corrected chi connectivity index (χ2v) is 8.33. The first-order valence-electron chi connectivity index (χ1n) is 9.96. The van der Waals surface area contributed by atoms with Crippen LogP contribution in [0.5, 0.6) is 0 Å². The van der Waals surface area contributed by atoms with Gasteiger partial charge in [0.1, 0.15) is 17.5 Å². The molecule has 0 saturated heterocycles. The number of aryl methyl sites for hydroxylation is 2. The molecule has 0 aromatic heterocycles. The number of hydrogen-bond acceptors (Lipinski definition) is 2. The van der Waals surface area contributed by atoms with E-state index in [-0.39, 0.29) is 17.0 Å². The average Bonchev–Trinajstić information content (AvgIpc) is 2.55. The monoisotopic (exact) mass is 364 g/mol. The zero-order valence-corrected chi connectivity index (χ0v) is 17.5. The molecule has 2 rings (SSSR count). The molecule has 27 heavy (non-hydrogen) atoms. The highest BCUT2D eigenvalue weighted by atomic mass is 16.2. The van der Waals surface area contributed by atoms with E-state index in [4.69, 9.17) is 0 Å². The molecule has 2 heteroatoms. The van der Waals surface area contributed by atoms with Crippen LogP contribution in [0, 0.1) is 31.1 Å². The van der Waals surface area contributed by atoms with Gasteiger partial charge in [-0.05, 0) is 81.2 Å². The molecule has 1 aliphatic carbocycles. The summed E-state index contributed by atoms with van der Waals surface area (Å²) < 4.78 is 0. The molecule has 0 radical (unpaired) electrons. The lowest BCUT2D eigenvalue weighted by Crippen LogP contribution is -2.40. The van der Waals surface area contributed by atoms with E-state index in [1.807, 2.05) is 39.8 Å². The van der Waals surface area contributed by atoms with Crippen LogP contribution >= 0.6 is 0 Å². The van der Waals surface area contributed by atoms with Crippen molar-refractivity contribution in [2.24, 2.45) is 5.41 Å². The molecule has 0 N–H and O–H groups in total. The molecule has 1 fully saturated rings. The molecule has 2 nitrogen and oxygen atoms in total. The maximum atomic E-state index is 13.2. The number of Topliss-reactive ketones (excluding diaryl/α,β-unsaturated/α-hetero) is 2. The van der Waals surface area contributed by atoms with Gasteiger partial charge in [-0.15, -0.1) is 12.5 Å². The van der Waals surface area contributed by atoms with E-state index in [1.165, 1.54) is 0 Å². The van der Waals surface area contributed by atoms with Gasteiger partial charge in [-0.2, -0.15) is 0 Å². The molecule has 0 amide bonds. The van der Waals surface area contributed by atoms with Crippen molar-refractivity contribution in [3.8, 4) is 11.8 Å². The number of ketones is 2. The largest absolute Gasteiger partial charge is 0.299 e. The second kappa shape index (κ2) is 8.70. The van der Waals surface area contributed by atoms with Crippen LogP contribution < -0.4 is 0 Å². The zero-order chi connectivity index (χ0) is 20.2. The van der Waals surface area contributed by atoms with Gasteiger partial charge in [-0.25, -0.2) is 0 Å². The zero-order valence-electron chi connectivity index (χ0n) is 17.5. The molecule has 1 saturated carbocycles. The molecule has 0 unspecified atom stereocenters. The van der Waals surface area contributed by atoms with Crippen molar-refractivity contribution in [2.75, 3.05) is 0 Å². The van der Waals surface area contributed by atoms with E-state index in [0.29, 0.717) is 12.8 Å². The van der Waals surface area contributed by atoms with Crippen molar-refractivity contribution in [2.45, 2.75) is 79.1 Å². The molecule has 1 aromatic carbocycles. The van der Waals surface area contributed by atoms with E-state index < -0.39 is 5.92 Å². The third-order valence-electron chi connectivity index (χ3n) is 5.76. The summed E-state index contributed by atoms with van der Waals surface area (Å²) in [5.74, 6) is 5.55. The highest BCUT2D eigenvalue weighted by molar-refractivity contribution is 6.10. The fourth-order valence-electron chi connectivity index (χ4n) is 4.64. The van der Waals surface area contributed by atoms with Crippen LogP contribution in [0.1, 0.15) is 87.5 Å². The van der Waals surface area contributed by atoms with Crippen molar-refractivity contribution in [3.63, 3.8) is 0 Å². The topological polar surface area (TPSA) is 34.1 Å². The third-order valence-corrected chi connectivity index (χ3v) is 5.76. The van der Waals surface area contributed by atoms with Crippen molar-refractivity contribution in [3.05, 3.63) is 46.5 Å². The summed E-state index contributed by atoms with van der Waals surface area (Å²) in [5, 5.41) is 0. The third kappa shape index (κ3) is 4.78. The minimum absolute atomic E-state index is 0.0851. The maximum Gasteiger partial charge on any atom is 0.148 e. The number of allylic oxidation sites excluding steroid dienone is 1. The molecule has 0 aliphatic heterocycles. The van der Waals surface area contributed by atoms with Crippen LogP contribution in [-0.4, -0.2) is 11.6 Å². The molecule has 1 aromatic rings. The van der Waals surface area contributed by atoms with E-state index in [2.05, 4.69) is 25.3 Å². The molecular formula is C25H32O2. The van der Waals surface area contributed by atoms with Gasteiger partial charge in [0, 0.05) is 18.4 Å². The highest BCUT2D eigenvalue weighted by Crippen LogP contribution is 2.46. The molecular weight excluding hydrogens is 332 g/mol. The quantitative estimate of drug-likeness (QED) is 0.361. The summed E-state index contributed by atoms with van der Waals surface area (Å²) >= 11 is 0. The van der Waals surface area contributed by atoms with E-state index in [0.717, 1.165) is 53.5 Å². The van der Waals surface area contributed by atoms with Crippen molar-refractivity contribution in [1.82, 2.24) is 0 Å². The lowest BCUT2D eigenvalue weighted by Gasteiger charge is -2.39. The maximum absolute atomic E-state index is 13.2. The Bertz CT molecular complexity index is 775. The number of carbonyl (C=O) groups is 2. The Balaban J connectivity index is 2.37.